The molecule has 0 aromatic carbocycles. The average Bonchev–Trinajstić information content (AvgIpc) is 2.81. The van der Waals surface area contributed by atoms with Crippen LogP contribution in [0, 0.1) is 0 Å². The molecule has 1 aromatic rings. The van der Waals surface area contributed by atoms with E-state index in [4.69, 9.17) is 4.74 Å². The van der Waals surface area contributed by atoms with Gasteiger partial charge in [0.2, 0.25) is 5.91 Å². The number of thioether (sulfide) groups is 1. The summed E-state index contributed by atoms with van der Waals surface area (Å²) < 4.78 is 7.36. The number of hydrogen-bond donors (Lipinski definition) is 0. The van der Waals surface area contributed by atoms with Crippen LogP contribution in [0.3, 0.4) is 0 Å². The average molecular weight is 270 g/mol. The van der Waals surface area contributed by atoms with E-state index in [0.29, 0.717) is 25.4 Å². The molecule has 1 atom stereocenters. The molecular formula is C11H18N4O2S. The zero-order chi connectivity index (χ0) is 13.0. The maximum absolute atomic E-state index is 12.1. The molecule has 1 amide bonds. The van der Waals surface area contributed by atoms with Crippen molar-refractivity contribution in [3.05, 3.63) is 6.33 Å². The van der Waals surface area contributed by atoms with Gasteiger partial charge >= 0.3 is 0 Å². The Morgan fingerprint density at radius 3 is 3.17 bits per heavy atom. The second-order valence-electron chi connectivity index (χ2n) is 4.25. The first-order valence-corrected chi connectivity index (χ1v) is 7.05. The summed E-state index contributed by atoms with van der Waals surface area (Å²) in [7, 11) is 1.87. The fourth-order valence-corrected chi connectivity index (χ4v) is 2.60. The summed E-state index contributed by atoms with van der Waals surface area (Å²) >= 11 is 1.42. The minimum Gasteiger partial charge on any atom is -0.375 e. The molecule has 0 N–H and O–H groups in total. The SMILES string of the molecule is CCC1CN(C(=O)CSc2nncn2C)CCO1. The Labute approximate surface area is 111 Å². The van der Waals surface area contributed by atoms with Gasteiger partial charge in [-0.2, -0.15) is 0 Å². The summed E-state index contributed by atoms with van der Waals surface area (Å²) in [5.41, 5.74) is 0. The molecule has 2 rings (SSSR count). The van der Waals surface area contributed by atoms with Gasteiger partial charge in [-0.3, -0.25) is 4.79 Å². The van der Waals surface area contributed by atoms with E-state index in [9.17, 15) is 4.79 Å². The first kappa shape index (κ1) is 13.4. The zero-order valence-electron chi connectivity index (χ0n) is 10.7. The van der Waals surface area contributed by atoms with Crippen LogP contribution >= 0.6 is 11.8 Å². The highest BCUT2D eigenvalue weighted by atomic mass is 32.2. The van der Waals surface area contributed by atoms with Crippen LogP contribution in [0.4, 0.5) is 0 Å². The third-order valence-corrected chi connectivity index (χ3v) is 3.96. The van der Waals surface area contributed by atoms with Gasteiger partial charge in [0.15, 0.2) is 5.16 Å². The zero-order valence-corrected chi connectivity index (χ0v) is 11.5. The molecule has 0 aliphatic carbocycles. The van der Waals surface area contributed by atoms with Crippen LogP contribution in [0.2, 0.25) is 0 Å². The highest BCUT2D eigenvalue weighted by Crippen LogP contribution is 2.15. The normalized spacial score (nSPS) is 20.1. The molecule has 18 heavy (non-hydrogen) atoms. The van der Waals surface area contributed by atoms with Gasteiger partial charge < -0.3 is 14.2 Å². The van der Waals surface area contributed by atoms with E-state index in [2.05, 4.69) is 17.1 Å². The van der Waals surface area contributed by atoms with Gasteiger partial charge in [0, 0.05) is 20.1 Å². The molecule has 2 heterocycles. The lowest BCUT2D eigenvalue weighted by Gasteiger charge is -2.32. The molecule has 0 spiro atoms. The first-order chi connectivity index (χ1) is 8.70. The lowest BCUT2D eigenvalue weighted by atomic mass is 10.2. The number of carbonyl (C=O) groups is 1. The largest absolute Gasteiger partial charge is 0.375 e. The van der Waals surface area contributed by atoms with Crippen molar-refractivity contribution in [1.29, 1.82) is 0 Å². The number of rotatable bonds is 4. The van der Waals surface area contributed by atoms with E-state index < -0.39 is 0 Å². The van der Waals surface area contributed by atoms with Crippen LogP contribution in [0.1, 0.15) is 13.3 Å². The number of carbonyl (C=O) groups excluding carboxylic acids is 1. The van der Waals surface area contributed by atoms with Gasteiger partial charge in [0.25, 0.3) is 0 Å². The number of ether oxygens (including phenoxy) is 1. The summed E-state index contributed by atoms with van der Waals surface area (Å²) in [5.74, 6) is 0.549. The van der Waals surface area contributed by atoms with Gasteiger partial charge in [-0.25, -0.2) is 0 Å². The van der Waals surface area contributed by atoms with Gasteiger partial charge in [-0.15, -0.1) is 10.2 Å². The van der Waals surface area contributed by atoms with E-state index in [1.165, 1.54) is 11.8 Å². The van der Waals surface area contributed by atoms with Crippen LogP contribution in [-0.4, -0.2) is 57.1 Å². The predicted molar refractivity (Wildman–Crippen MR) is 68.3 cm³/mol. The van der Waals surface area contributed by atoms with Gasteiger partial charge in [0.1, 0.15) is 6.33 Å². The van der Waals surface area contributed by atoms with Crippen molar-refractivity contribution in [2.75, 3.05) is 25.4 Å². The summed E-state index contributed by atoms with van der Waals surface area (Å²) in [4.78, 5) is 13.9. The minimum absolute atomic E-state index is 0.143. The lowest BCUT2D eigenvalue weighted by Crippen LogP contribution is -2.46. The van der Waals surface area contributed by atoms with Crippen molar-refractivity contribution >= 4 is 17.7 Å². The number of amides is 1. The predicted octanol–water partition coefficient (Wildman–Crippen LogP) is 0.545. The summed E-state index contributed by atoms with van der Waals surface area (Å²) in [6, 6.07) is 0. The van der Waals surface area contributed by atoms with Crippen molar-refractivity contribution in [3.63, 3.8) is 0 Å². The lowest BCUT2D eigenvalue weighted by molar-refractivity contribution is -0.135. The van der Waals surface area contributed by atoms with Crippen molar-refractivity contribution in [3.8, 4) is 0 Å². The minimum atomic E-state index is 0.143. The maximum atomic E-state index is 12.1. The second kappa shape index (κ2) is 6.19. The summed E-state index contributed by atoms with van der Waals surface area (Å²) in [6.07, 6.45) is 2.76. The molecule has 1 saturated heterocycles. The van der Waals surface area contributed by atoms with Crippen LogP contribution < -0.4 is 0 Å². The van der Waals surface area contributed by atoms with Crippen molar-refractivity contribution < 1.29 is 9.53 Å². The molecule has 0 saturated carbocycles. The standard InChI is InChI=1S/C11H18N4O2S/c1-3-9-6-15(4-5-17-9)10(16)7-18-11-13-12-8-14(11)2/h8-9H,3-7H2,1-2H3. The molecule has 1 fully saturated rings. The Hall–Kier alpha value is -1.08. The quantitative estimate of drug-likeness (QED) is 0.748. The fourth-order valence-electron chi connectivity index (χ4n) is 1.81. The molecule has 1 aliphatic rings. The van der Waals surface area contributed by atoms with Crippen LogP contribution in [-0.2, 0) is 16.6 Å². The van der Waals surface area contributed by atoms with Crippen molar-refractivity contribution in [2.45, 2.75) is 24.6 Å². The van der Waals surface area contributed by atoms with Gasteiger partial charge in [-0.05, 0) is 6.42 Å². The monoisotopic (exact) mass is 270 g/mol. The Balaban J connectivity index is 1.82. The van der Waals surface area contributed by atoms with Crippen molar-refractivity contribution in [2.24, 2.45) is 7.05 Å². The van der Waals surface area contributed by atoms with Gasteiger partial charge in [-0.1, -0.05) is 18.7 Å². The first-order valence-electron chi connectivity index (χ1n) is 6.07. The van der Waals surface area contributed by atoms with Crippen LogP contribution in [0.5, 0.6) is 0 Å². The fraction of sp³-hybridized carbons (Fsp3) is 0.727. The Morgan fingerprint density at radius 1 is 1.67 bits per heavy atom. The molecule has 0 radical (unpaired) electrons. The third kappa shape index (κ3) is 3.23. The summed E-state index contributed by atoms with van der Waals surface area (Å²) in [5, 5.41) is 8.50. The molecule has 1 aliphatic heterocycles. The molecular weight excluding hydrogens is 252 g/mol. The van der Waals surface area contributed by atoms with E-state index in [1.54, 1.807) is 6.33 Å². The number of aryl methyl sites for hydroxylation is 1. The number of morpholine rings is 1. The van der Waals surface area contributed by atoms with Crippen LogP contribution in [0.25, 0.3) is 0 Å². The van der Waals surface area contributed by atoms with E-state index >= 15 is 0 Å². The second-order valence-corrected chi connectivity index (χ2v) is 5.20. The third-order valence-electron chi connectivity index (χ3n) is 2.94. The Kier molecular flexibility index (Phi) is 4.60. The smallest absolute Gasteiger partial charge is 0.233 e. The summed E-state index contributed by atoms with van der Waals surface area (Å²) in [6.45, 7) is 4.11. The molecule has 1 aromatic heterocycles. The number of nitrogens with zero attached hydrogens (tertiary/aromatic N) is 4. The molecule has 6 nitrogen and oxygen atoms in total. The van der Waals surface area contributed by atoms with Crippen molar-refractivity contribution in [1.82, 2.24) is 19.7 Å². The number of aromatic nitrogens is 3. The Morgan fingerprint density at radius 2 is 2.50 bits per heavy atom. The van der Waals surface area contributed by atoms with E-state index in [-0.39, 0.29) is 12.0 Å². The topological polar surface area (TPSA) is 60.2 Å². The van der Waals surface area contributed by atoms with Gasteiger partial charge in [0.05, 0.1) is 18.5 Å². The van der Waals surface area contributed by atoms with E-state index in [1.807, 2.05) is 16.5 Å². The Bertz CT molecular complexity index is 410. The molecule has 100 valence electrons. The van der Waals surface area contributed by atoms with E-state index in [0.717, 1.165) is 11.6 Å². The highest BCUT2D eigenvalue weighted by Gasteiger charge is 2.23. The van der Waals surface area contributed by atoms with Crippen LogP contribution in [0.15, 0.2) is 11.5 Å². The molecule has 1 unspecified atom stereocenters. The molecule has 7 heteroatoms. The highest BCUT2D eigenvalue weighted by molar-refractivity contribution is 7.99. The molecule has 0 bridgehead atoms. The maximum Gasteiger partial charge on any atom is 0.233 e. The number of hydrogen-bond acceptors (Lipinski definition) is 5.